The number of fused-ring (bicyclic) bond motifs is 1. The zero-order chi connectivity index (χ0) is 11.5. The molecule has 2 aromatic rings. The molecule has 4 N–H and O–H groups in total. The van der Waals surface area contributed by atoms with Crippen LogP contribution in [0.4, 0.5) is 5.82 Å². The Bertz CT molecular complexity index is 475. The number of hydrogen-bond acceptors (Lipinski definition) is 5. The highest BCUT2D eigenvalue weighted by molar-refractivity contribution is 5.80. The van der Waals surface area contributed by atoms with E-state index in [-0.39, 0.29) is 0 Å². The molecule has 0 unspecified atom stereocenters. The predicted molar refractivity (Wildman–Crippen MR) is 62.9 cm³/mol. The van der Waals surface area contributed by atoms with E-state index in [2.05, 4.69) is 39.1 Å². The number of anilines is 1. The summed E-state index contributed by atoms with van der Waals surface area (Å²) in [5.41, 5.74) is 7.06. The van der Waals surface area contributed by atoms with Crippen LogP contribution in [0.1, 0.15) is 19.7 Å². The second-order valence-corrected chi connectivity index (χ2v) is 4.00. The van der Waals surface area contributed by atoms with Crippen LogP contribution in [0, 0.1) is 0 Å². The van der Waals surface area contributed by atoms with E-state index >= 15 is 0 Å². The first-order valence-electron chi connectivity index (χ1n) is 5.35. The molecular weight excluding hydrogens is 204 g/mol. The number of nitrogens with two attached hydrogens (primary N) is 1. The highest BCUT2D eigenvalue weighted by Gasteiger charge is 2.06. The molecule has 0 saturated heterocycles. The number of rotatable bonds is 4. The van der Waals surface area contributed by atoms with Gasteiger partial charge in [-0.15, -0.1) is 0 Å². The number of imidazole rings is 1. The first kappa shape index (κ1) is 10.8. The molecule has 0 bridgehead atoms. The van der Waals surface area contributed by atoms with Crippen LogP contribution >= 0.6 is 0 Å². The van der Waals surface area contributed by atoms with Gasteiger partial charge in [-0.05, 0) is 0 Å². The SMILES string of the molecule is CC(C)NCCc1nc2ncnc(N)c2[nH]1. The molecule has 0 aromatic carbocycles. The zero-order valence-corrected chi connectivity index (χ0v) is 9.49. The summed E-state index contributed by atoms with van der Waals surface area (Å²) < 4.78 is 0. The monoisotopic (exact) mass is 220 g/mol. The van der Waals surface area contributed by atoms with Crippen LogP contribution in [0.5, 0.6) is 0 Å². The molecule has 0 atom stereocenters. The molecule has 86 valence electrons. The minimum Gasteiger partial charge on any atom is -0.382 e. The van der Waals surface area contributed by atoms with E-state index in [9.17, 15) is 0 Å². The van der Waals surface area contributed by atoms with Crippen molar-refractivity contribution in [3.05, 3.63) is 12.2 Å². The number of nitrogens with zero attached hydrogens (tertiary/aromatic N) is 3. The maximum Gasteiger partial charge on any atom is 0.183 e. The van der Waals surface area contributed by atoms with Gasteiger partial charge in [-0.25, -0.2) is 15.0 Å². The van der Waals surface area contributed by atoms with E-state index in [1.54, 1.807) is 0 Å². The third kappa shape index (κ3) is 2.27. The molecule has 0 fully saturated rings. The first-order valence-corrected chi connectivity index (χ1v) is 5.35. The van der Waals surface area contributed by atoms with Gasteiger partial charge in [0.1, 0.15) is 17.7 Å². The van der Waals surface area contributed by atoms with E-state index in [1.165, 1.54) is 6.33 Å². The molecule has 6 nitrogen and oxygen atoms in total. The van der Waals surface area contributed by atoms with Crippen molar-refractivity contribution >= 4 is 17.0 Å². The Balaban J connectivity index is 2.11. The topological polar surface area (TPSA) is 92.5 Å². The Morgan fingerprint density at radius 3 is 2.94 bits per heavy atom. The van der Waals surface area contributed by atoms with Gasteiger partial charge in [0.15, 0.2) is 11.5 Å². The van der Waals surface area contributed by atoms with Gasteiger partial charge in [0, 0.05) is 19.0 Å². The molecule has 2 rings (SSSR count). The maximum atomic E-state index is 5.71. The summed E-state index contributed by atoms with van der Waals surface area (Å²) in [5, 5.41) is 3.33. The van der Waals surface area contributed by atoms with E-state index in [1.807, 2.05) is 0 Å². The van der Waals surface area contributed by atoms with Crippen molar-refractivity contribution in [2.45, 2.75) is 26.3 Å². The molecule has 2 heterocycles. The van der Waals surface area contributed by atoms with Gasteiger partial charge in [0.05, 0.1) is 0 Å². The third-order valence-electron chi connectivity index (χ3n) is 2.28. The van der Waals surface area contributed by atoms with Crippen molar-refractivity contribution in [3.8, 4) is 0 Å². The molecule has 0 saturated carbocycles. The van der Waals surface area contributed by atoms with Crippen molar-refractivity contribution in [2.75, 3.05) is 12.3 Å². The Hall–Kier alpha value is -1.69. The highest BCUT2D eigenvalue weighted by Crippen LogP contribution is 2.12. The first-order chi connectivity index (χ1) is 7.66. The summed E-state index contributed by atoms with van der Waals surface area (Å²) in [6.07, 6.45) is 2.25. The normalized spacial score (nSPS) is 11.4. The predicted octanol–water partition coefficient (Wildman–Crippen LogP) is 0.476. The second-order valence-electron chi connectivity index (χ2n) is 4.00. The van der Waals surface area contributed by atoms with Crippen LogP contribution in [0.2, 0.25) is 0 Å². The maximum absolute atomic E-state index is 5.71. The van der Waals surface area contributed by atoms with Crippen molar-refractivity contribution in [3.63, 3.8) is 0 Å². The summed E-state index contributed by atoms with van der Waals surface area (Å²) in [6.45, 7) is 5.11. The van der Waals surface area contributed by atoms with Gasteiger partial charge in [-0.2, -0.15) is 0 Å². The second kappa shape index (κ2) is 4.44. The quantitative estimate of drug-likeness (QED) is 0.696. The molecule has 0 amide bonds. The zero-order valence-electron chi connectivity index (χ0n) is 9.49. The van der Waals surface area contributed by atoms with Crippen molar-refractivity contribution in [1.82, 2.24) is 25.3 Å². The van der Waals surface area contributed by atoms with Crippen LogP contribution in [0.3, 0.4) is 0 Å². The van der Waals surface area contributed by atoms with Gasteiger partial charge in [-0.1, -0.05) is 13.8 Å². The largest absolute Gasteiger partial charge is 0.382 e. The number of H-pyrrole nitrogens is 1. The summed E-state index contributed by atoms with van der Waals surface area (Å²) in [7, 11) is 0. The Kier molecular flexibility index (Phi) is 3.00. The van der Waals surface area contributed by atoms with E-state index in [0.717, 1.165) is 24.3 Å². The lowest BCUT2D eigenvalue weighted by Gasteiger charge is -2.05. The molecule has 0 aliphatic carbocycles. The molecule has 2 aromatic heterocycles. The fourth-order valence-electron chi connectivity index (χ4n) is 1.49. The minimum atomic E-state index is 0.445. The van der Waals surface area contributed by atoms with E-state index < -0.39 is 0 Å². The van der Waals surface area contributed by atoms with Crippen molar-refractivity contribution in [2.24, 2.45) is 0 Å². The molecule has 16 heavy (non-hydrogen) atoms. The van der Waals surface area contributed by atoms with Crippen LogP contribution in [0.25, 0.3) is 11.2 Å². The van der Waals surface area contributed by atoms with E-state index in [0.29, 0.717) is 17.5 Å². The number of hydrogen-bond donors (Lipinski definition) is 3. The van der Waals surface area contributed by atoms with Crippen molar-refractivity contribution in [1.29, 1.82) is 0 Å². The van der Waals surface area contributed by atoms with E-state index in [4.69, 9.17) is 5.73 Å². The number of nitrogen functional groups attached to an aromatic ring is 1. The summed E-state index contributed by atoms with van der Waals surface area (Å²) in [4.78, 5) is 15.4. The molecule has 6 heteroatoms. The number of aromatic nitrogens is 4. The Labute approximate surface area is 93.7 Å². The lowest BCUT2D eigenvalue weighted by atomic mass is 10.3. The average Bonchev–Trinajstić information content (AvgIpc) is 2.61. The summed E-state index contributed by atoms with van der Waals surface area (Å²) >= 11 is 0. The Morgan fingerprint density at radius 1 is 1.44 bits per heavy atom. The van der Waals surface area contributed by atoms with Gasteiger partial charge in [-0.3, -0.25) is 0 Å². The van der Waals surface area contributed by atoms with Crippen LogP contribution in [-0.2, 0) is 6.42 Å². The van der Waals surface area contributed by atoms with Crippen LogP contribution in [0.15, 0.2) is 6.33 Å². The minimum absolute atomic E-state index is 0.445. The molecule has 0 aliphatic rings. The lowest BCUT2D eigenvalue weighted by Crippen LogP contribution is -2.25. The smallest absolute Gasteiger partial charge is 0.183 e. The average molecular weight is 220 g/mol. The number of aromatic amines is 1. The molecular formula is C10H16N6. The Morgan fingerprint density at radius 2 is 2.25 bits per heavy atom. The van der Waals surface area contributed by atoms with Gasteiger partial charge in [0.2, 0.25) is 0 Å². The fraction of sp³-hybridized carbons (Fsp3) is 0.500. The van der Waals surface area contributed by atoms with Gasteiger partial charge < -0.3 is 16.0 Å². The number of nitrogens with one attached hydrogen (secondary N) is 2. The molecule has 0 aliphatic heterocycles. The molecule has 0 radical (unpaired) electrons. The molecule has 0 spiro atoms. The van der Waals surface area contributed by atoms with Crippen LogP contribution in [-0.4, -0.2) is 32.5 Å². The van der Waals surface area contributed by atoms with Gasteiger partial charge in [0.25, 0.3) is 0 Å². The standard InChI is InChI=1S/C10H16N6/c1-6(2)12-4-3-7-15-8-9(11)13-5-14-10(8)16-7/h5-6,12H,3-4H2,1-2H3,(H3,11,13,14,15,16). The highest BCUT2D eigenvalue weighted by atomic mass is 15.0. The summed E-state index contributed by atoms with van der Waals surface area (Å²) in [6, 6.07) is 0.481. The third-order valence-corrected chi connectivity index (χ3v) is 2.28. The summed E-state index contributed by atoms with van der Waals surface area (Å²) in [5.74, 6) is 1.33. The fourth-order valence-corrected chi connectivity index (χ4v) is 1.49. The van der Waals surface area contributed by atoms with Gasteiger partial charge >= 0.3 is 0 Å². The van der Waals surface area contributed by atoms with Crippen LogP contribution < -0.4 is 11.1 Å². The van der Waals surface area contributed by atoms with Crippen molar-refractivity contribution < 1.29 is 0 Å². The lowest BCUT2D eigenvalue weighted by molar-refractivity contribution is 0.585.